The quantitative estimate of drug-likeness (QED) is 0.744. The average Bonchev–Trinajstić information content (AvgIpc) is 2.58. The Bertz CT molecular complexity index is 325. The molecule has 0 aromatic rings. The highest BCUT2D eigenvalue weighted by Gasteiger charge is 2.40. The Labute approximate surface area is 107 Å². The molecule has 0 aromatic heterocycles. The number of hydrogen-bond acceptors (Lipinski definition) is 5. The molecule has 1 aliphatic rings. The predicted octanol–water partition coefficient (Wildman–Crippen LogP) is 0.886. The molecule has 0 spiro atoms. The van der Waals surface area contributed by atoms with Crippen LogP contribution in [0.1, 0.15) is 34.1 Å². The fraction of sp³-hybridized carbons (Fsp3) is 0.833. The minimum absolute atomic E-state index is 0.216. The van der Waals surface area contributed by atoms with Crippen LogP contribution in [-0.4, -0.2) is 47.8 Å². The standard InChI is InChI=1S/C12H22N2O4/c1-5-17-10(15)9-6-8(13)7-14(9)11(16)18-12(2,3)4/h8-9H,5-7,13H2,1-4H3. The minimum atomic E-state index is -0.630. The van der Waals surface area contributed by atoms with E-state index >= 15 is 0 Å². The lowest BCUT2D eigenvalue weighted by molar-refractivity contribution is -0.148. The molecular weight excluding hydrogens is 236 g/mol. The van der Waals surface area contributed by atoms with Crippen LogP contribution < -0.4 is 5.73 Å². The highest BCUT2D eigenvalue weighted by Crippen LogP contribution is 2.21. The van der Waals surface area contributed by atoms with Crippen molar-refractivity contribution < 1.29 is 19.1 Å². The summed E-state index contributed by atoms with van der Waals surface area (Å²) < 4.78 is 10.2. The molecule has 2 N–H and O–H groups in total. The Kier molecular flexibility index (Phi) is 4.56. The molecule has 1 rings (SSSR count). The Hall–Kier alpha value is -1.30. The molecule has 1 heterocycles. The summed E-state index contributed by atoms with van der Waals surface area (Å²) in [5.74, 6) is -0.420. The first kappa shape index (κ1) is 14.8. The van der Waals surface area contributed by atoms with Crippen molar-refractivity contribution >= 4 is 12.1 Å². The number of carbonyl (C=O) groups excluding carboxylic acids is 2. The van der Waals surface area contributed by atoms with Crippen LogP contribution in [0.15, 0.2) is 0 Å². The maximum Gasteiger partial charge on any atom is 0.411 e. The zero-order valence-corrected chi connectivity index (χ0v) is 11.4. The van der Waals surface area contributed by atoms with Gasteiger partial charge in [0, 0.05) is 12.6 Å². The van der Waals surface area contributed by atoms with Gasteiger partial charge in [0.2, 0.25) is 0 Å². The highest BCUT2D eigenvalue weighted by atomic mass is 16.6. The van der Waals surface area contributed by atoms with Gasteiger partial charge in [0.05, 0.1) is 6.61 Å². The first-order chi connectivity index (χ1) is 8.24. The van der Waals surface area contributed by atoms with E-state index in [0.717, 1.165) is 0 Å². The van der Waals surface area contributed by atoms with Crippen molar-refractivity contribution in [3.05, 3.63) is 0 Å². The first-order valence-electron chi connectivity index (χ1n) is 6.16. The van der Waals surface area contributed by atoms with E-state index in [1.165, 1.54) is 4.90 Å². The van der Waals surface area contributed by atoms with Gasteiger partial charge in [0.25, 0.3) is 0 Å². The molecule has 6 nitrogen and oxygen atoms in total. The monoisotopic (exact) mass is 258 g/mol. The maximum absolute atomic E-state index is 12.0. The fourth-order valence-corrected chi connectivity index (χ4v) is 1.85. The fourth-order valence-electron chi connectivity index (χ4n) is 1.85. The van der Waals surface area contributed by atoms with E-state index in [1.807, 2.05) is 0 Å². The topological polar surface area (TPSA) is 81.9 Å². The largest absolute Gasteiger partial charge is 0.464 e. The average molecular weight is 258 g/mol. The van der Waals surface area contributed by atoms with Crippen molar-refractivity contribution in [3.63, 3.8) is 0 Å². The lowest BCUT2D eigenvalue weighted by Gasteiger charge is -2.27. The molecule has 2 atom stereocenters. The van der Waals surface area contributed by atoms with Gasteiger partial charge in [-0.2, -0.15) is 0 Å². The summed E-state index contributed by atoms with van der Waals surface area (Å²) in [6.07, 6.45) is -0.105. The maximum atomic E-state index is 12.0. The number of likely N-dealkylation sites (tertiary alicyclic amines) is 1. The van der Waals surface area contributed by atoms with Crippen LogP contribution in [0.5, 0.6) is 0 Å². The molecular formula is C12H22N2O4. The number of carbonyl (C=O) groups is 2. The summed E-state index contributed by atoms with van der Waals surface area (Å²) in [5.41, 5.74) is 5.20. The lowest BCUT2D eigenvalue weighted by atomic mass is 10.2. The van der Waals surface area contributed by atoms with Crippen LogP contribution in [0.2, 0.25) is 0 Å². The van der Waals surface area contributed by atoms with E-state index in [4.69, 9.17) is 15.2 Å². The summed E-state index contributed by atoms with van der Waals surface area (Å²) in [6, 6.07) is -0.846. The molecule has 0 aromatic carbocycles. The van der Waals surface area contributed by atoms with Gasteiger partial charge in [0.15, 0.2) is 0 Å². The number of nitrogens with two attached hydrogens (primary N) is 1. The molecule has 1 amide bonds. The number of nitrogens with zero attached hydrogens (tertiary/aromatic N) is 1. The van der Waals surface area contributed by atoms with E-state index in [0.29, 0.717) is 13.0 Å². The minimum Gasteiger partial charge on any atom is -0.464 e. The molecule has 6 heteroatoms. The van der Waals surface area contributed by atoms with Gasteiger partial charge in [-0.3, -0.25) is 4.90 Å². The Morgan fingerprint density at radius 1 is 1.39 bits per heavy atom. The third-order valence-electron chi connectivity index (χ3n) is 2.52. The Balaban J connectivity index is 2.72. The smallest absolute Gasteiger partial charge is 0.411 e. The molecule has 1 fully saturated rings. The number of ether oxygens (including phenoxy) is 2. The summed E-state index contributed by atoms with van der Waals surface area (Å²) >= 11 is 0. The first-order valence-corrected chi connectivity index (χ1v) is 6.16. The third-order valence-corrected chi connectivity index (χ3v) is 2.52. The number of esters is 1. The number of rotatable bonds is 2. The molecule has 0 saturated carbocycles. The predicted molar refractivity (Wildman–Crippen MR) is 66.0 cm³/mol. The second-order valence-corrected chi connectivity index (χ2v) is 5.40. The van der Waals surface area contributed by atoms with Gasteiger partial charge in [-0.05, 0) is 34.1 Å². The Morgan fingerprint density at radius 3 is 2.50 bits per heavy atom. The van der Waals surface area contributed by atoms with Gasteiger partial charge in [0.1, 0.15) is 11.6 Å². The van der Waals surface area contributed by atoms with Crippen LogP contribution in [0.25, 0.3) is 0 Å². The van der Waals surface area contributed by atoms with Crippen LogP contribution in [0, 0.1) is 0 Å². The summed E-state index contributed by atoms with van der Waals surface area (Å²) in [7, 11) is 0. The van der Waals surface area contributed by atoms with Crippen LogP contribution >= 0.6 is 0 Å². The van der Waals surface area contributed by atoms with Crippen LogP contribution in [-0.2, 0) is 14.3 Å². The molecule has 0 aliphatic carbocycles. The van der Waals surface area contributed by atoms with Crippen molar-refractivity contribution in [2.45, 2.75) is 51.8 Å². The number of amides is 1. The van der Waals surface area contributed by atoms with E-state index < -0.39 is 23.7 Å². The van der Waals surface area contributed by atoms with Crippen molar-refractivity contribution in [1.29, 1.82) is 0 Å². The van der Waals surface area contributed by atoms with E-state index in [1.54, 1.807) is 27.7 Å². The van der Waals surface area contributed by atoms with Gasteiger partial charge in [-0.25, -0.2) is 9.59 Å². The van der Waals surface area contributed by atoms with E-state index in [2.05, 4.69) is 0 Å². The van der Waals surface area contributed by atoms with Gasteiger partial charge in [-0.15, -0.1) is 0 Å². The second-order valence-electron chi connectivity index (χ2n) is 5.40. The molecule has 1 aliphatic heterocycles. The van der Waals surface area contributed by atoms with Crippen LogP contribution in [0.4, 0.5) is 4.79 Å². The highest BCUT2D eigenvalue weighted by molar-refractivity contribution is 5.82. The van der Waals surface area contributed by atoms with Gasteiger partial charge < -0.3 is 15.2 Å². The van der Waals surface area contributed by atoms with Crippen molar-refractivity contribution in [3.8, 4) is 0 Å². The molecule has 18 heavy (non-hydrogen) atoms. The van der Waals surface area contributed by atoms with Crippen molar-refractivity contribution in [2.24, 2.45) is 5.73 Å². The van der Waals surface area contributed by atoms with Crippen molar-refractivity contribution in [2.75, 3.05) is 13.2 Å². The normalized spacial score (nSPS) is 23.9. The van der Waals surface area contributed by atoms with Crippen molar-refractivity contribution in [1.82, 2.24) is 4.90 Å². The summed E-state index contributed by atoms with van der Waals surface area (Å²) in [6.45, 7) is 7.66. The summed E-state index contributed by atoms with van der Waals surface area (Å²) in [5, 5.41) is 0. The second kappa shape index (κ2) is 5.56. The molecule has 0 radical (unpaired) electrons. The summed E-state index contributed by atoms with van der Waals surface area (Å²) in [4.78, 5) is 25.1. The molecule has 2 unspecified atom stereocenters. The van der Waals surface area contributed by atoms with E-state index in [-0.39, 0.29) is 12.6 Å². The van der Waals surface area contributed by atoms with Gasteiger partial charge >= 0.3 is 12.1 Å². The SMILES string of the molecule is CCOC(=O)C1CC(N)CN1C(=O)OC(C)(C)C. The molecule has 1 saturated heterocycles. The molecule has 104 valence electrons. The lowest BCUT2D eigenvalue weighted by Crippen LogP contribution is -2.44. The zero-order valence-electron chi connectivity index (χ0n) is 11.4. The number of hydrogen-bond donors (Lipinski definition) is 1. The zero-order chi connectivity index (χ0) is 13.9. The Morgan fingerprint density at radius 2 is 2.00 bits per heavy atom. The van der Waals surface area contributed by atoms with Gasteiger partial charge in [-0.1, -0.05) is 0 Å². The van der Waals surface area contributed by atoms with Crippen LogP contribution in [0.3, 0.4) is 0 Å². The van der Waals surface area contributed by atoms with E-state index in [9.17, 15) is 9.59 Å². The molecule has 0 bridgehead atoms. The third kappa shape index (κ3) is 3.87.